The molecule has 0 bridgehead atoms. The fraction of sp³-hybridized carbons (Fsp3) is 1.00. The van der Waals surface area contributed by atoms with Crippen LogP contribution in [0.1, 0.15) is 46.0 Å². The molecule has 1 saturated heterocycles. The van der Waals surface area contributed by atoms with Gasteiger partial charge in [-0.15, -0.1) is 0 Å². The van der Waals surface area contributed by atoms with E-state index in [2.05, 4.69) is 18.7 Å². The summed E-state index contributed by atoms with van der Waals surface area (Å²) in [6, 6.07) is 0. The molecule has 1 heterocycles. The van der Waals surface area contributed by atoms with Crippen LogP contribution in [-0.2, 0) is 4.74 Å². The molecule has 2 nitrogen and oxygen atoms in total. The highest BCUT2D eigenvalue weighted by atomic mass is 16.5. The van der Waals surface area contributed by atoms with Crippen LogP contribution >= 0.6 is 0 Å². The lowest BCUT2D eigenvalue weighted by atomic mass is 9.95. The first kappa shape index (κ1) is 13.0. The molecule has 0 aromatic heterocycles. The summed E-state index contributed by atoms with van der Waals surface area (Å²) in [5.41, 5.74) is 0. The maximum absolute atomic E-state index is 5.36. The van der Waals surface area contributed by atoms with Gasteiger partial charge in [0.15, 0.2) is 0 Å². The van der Waals surface area contributed by atoms with Crippen LogP contribution in [0.3, 0.4) is 0 Å². The second-order valence-electron chi connectivity index (χ2n) is 4.66. The van der Waals surface area contributed by atoms with Crippen LogP contribution in [0.4, 0.5) is 0 Å². The van der Waals surface area contributed by atoms with Gasteiger partial charge in [-0.1, -0.05) is 39.5 Å². The first-order valence-corrected chi connectivity index (χ1v) is 6.66. The van der Waals surface area contributed by atoms with Crippen LogP contribution in [0.25, 0.3) is 0 Å². The molecule has 0 radical (unpaired) electrons. The highest BCUT2D eigenvalue weighted by molar-refractivity contribution is 4.65. The van der Waals surface area contributed by atoms with Gasteiger partial charge in [0.05, 0.1) is 13.2 Å². The van der Waals surface area contributed by atoms with Crippen molar-refractivity contribution in [1.82, 2.24) is 4.90 Å². The lowest BCUT2D eigenvalue weighted by Gasteiger charge is -2.28. The minimum atomic E-state index is 0.936. The normalized spacial score (nSPS) is 20.4. The van der Waals surface area contributed by atoms with E-state index in [1.807, 2.05) is 0 Å². The molecule has 0 aliphatic carbocycles. The number of morpholine rings is 1. The van der Waals surface area contributed by atoms with Crippen molar-refractivity contribution in [3.8, 4) is 0 Å². The van der Waals surface area contributed by atoms with E-state index in [-0.39, 0.29) is 0 Å². The van der Waals surface area contributed by atoms with Crippen molar-refractivity contribution in [3.05, 3.63) is 0 Å². The monoisotopic (exact) mass is 213 g/mol. The lowest BCUT2D eigenvalue weighted by molar-refractivity contribution is 0.0351. The molecule has 15 heavy (non-hydrogen) atoms. The Morgan fingerprint density at radius 3 is 2.47 bits per heavy atom. The first-order valence-electron chi connectivity index (χ1n) is 6.66. The zero-order valence-corrected chi connectivity index (χ0v) is 10.5. The van der Waals surface area contributed by atoms with Gasteiger partial charge < -0.3 is 4.74 Å². The molecule has 0 N–H and O–H groups in total. The van der Waals surface area contributed by atoms with Gasteiger partial charge in [-0.3, -0.25) is 4.90 Å². The molecule has 2 heteroatoms. The minimum Gasteiger partial charge on any atom is -0.379 e. The quantitative estimate of drug-likeness (QED) is 0.645. The molecule has 0 aromatic carbocycles. The topological polar surface area (TPSA) is 12.5 Å². The molecular formula is C13H27NO. The average Bonchev–Trinajstić information content (AvgIpc) is 2.31. The Morgan fingerprint density at radius 1 is 1.13 bits per heavy atom. The highest BCUT2D eigenvalue weighted by Crippen LogP contribution is 2.17. The Balaban J connectivity index is 2.09. The van der Waals surface area contributed by atoms with Crippen LogP contribution in [0, 0.1) is 5.92 Å². The van der Waals surface area contributed by atoms with Crippen molar-refractivity contribution < 1.29 is 4.74 Å². The summed E-state index contributed by atoms with van der Waals surface area (Å²) in [4.78, 5) is 2.55. The molecule has 0 saturated carbocycles. The summed E-state index contributed by atoms with van der Waals surface area (Å²) in [5, 5.41) is 0. The van der Waals surface area contributed by atoms with E-state index in [1.54, 1.807) is 0 Å². The number of rotatable bonds is 7. The summed E-state index contributed by atoms with van der Waals surface area (Å²) >= 11 is 0. The van der Waals surface area contributed by atoms with Crippen LogP contribution in [-0.4, -0.2) is 37.7 Å². The molecular weight excluding hydrogens is 186 g/mol. The summed E-state index contributed by atoms with van der Waals surface area (Å²) in [6.07, 6.45) is 6.91. The van der Waals surface area contributed by atoms with Crippen LogP contribution in [0.5, 0.6) is 0 Å². The van der Waals surface area contributed by atoms with Crippen molar-refractivity contribution in [2.24, 2.45) is 5.92 Å². The molecule has 0 aromatic rings. The Hall–Kier alpha value is -0.0800. The number of ether oxygens (including phenoxy) is 1. The van der Waals surface area contributed by atoms with E-state index in [1.165, 1.54) is 38.6 Å². The highest BCUT2D eigenvalue weighted by Gasteiger charge is 2.12. The van der Waals surface area contributed by atoms with Gasteiger partial charge in [-0.25, -0.2) is 0 Å². The van der Waals surface area contributed by atoms with Crippen molar-refractivity contribution in [1.29, 1.82) is 0 Å². The van der Waals surface area contributed by atoms with Gasteiger partial charge in [0.25, 0.3) is 0 Å². The van der Waals surface area contributed by atoms with E-state index < -0.39 is 0 Å². The van der Waals surface area contributed by atoms with Crippen LogP contribution < -0.4 is 0 Å². The smallest absolute Gasteiger partial charge is 0.0594 e. The minimum absolute atomic E-state index is 0.936. The van der Waals surface area contributed by atoms with E-state index >= 15 is 0 Å². The molecule has 1 fully saturated rings. The van der Waals surface area contributed by atoms with Crippen LogP contribution in [0.2, 0.25) is 0 Å². The number of hydrogen-bond donors (Lipinski definition) is 0. The summed E-state index contributed by atoms with van der Waals surface area (Å²) < 4.78 is 5.36. The molecule has 1 atom stereocenters. The predicted octanol–water partition coefficient (Wildman–Crippen LogP) is 2.93. The zero-order valence-electron chi connectivity index (χ0n) is 10.5. The maximum atomic E-state index is 5.36. The fourth-order valence-corrected chi connectivity index (χ4v) is 2.24. The van der Waals surface area contributed by atoms with Gasteiger partial charge in [-0.2, -0.15) is 0 Å². The van der Waals surface area contributed by atoms with Crippen LogP contribution in [0.15, 0.2) is 0 Å². The molecule has 1 aliphatic rings. The first-order chi connectivity index (χ1) is 7.36. The molecule has 1 rings (SSSR count). The van der Waals surface area contributed by atoms with E-state index in [9.17, 15) is 0 Å². The molecule has 0 amide bonds. The van der Waals surface area contributed by atoms with E-state index in [0.29, 0.717) is 0 Å². The van der Waals surface area contributed by atoms with Crippen molar-refractivity contribution in [3.63, 3.8) is 0 Å². The van der Waals surface area contributed by atoms with Gasteiger partial charge in [-0.05, 0) is 18.9 Å². The third-order valence-corrected chi connectivity index (χ3v) is 3.50. The van der Waals surface area contributed by atoms with E-state index in [0.717, 1.165) is 32.2 Å². The Kier molecular flexibility index (Phi) is 7.03. The average molecular weight is 213 g/mol. The largest absolute Gasteiger partial charge is 0.379 e. The summed E-state index contributed by atoms with van der Waals surface area (Å²) in [7, 11) is 0. The van der Waals surface area contributed by atoms with Gasteiger partial charge in [0, 0.05) is 13.1 Å². The van der Waals surface area contributed by atoms with Crippen molar-refractivity contribution in [2.75, 3.05) is 32.8 Å². The second kappa shape index (κ2) is 8.12. The maximum Gasteiger partial charge on any atom is 0.0594 e. The van der Waals surface area contributed by atoms with E-state index in [4.69, 9.17) is 4.74 Å². The molecule has 90 valence electrons. The Bertz CT molecular complexity index is 143. The molecule has 1 aliphatic heterocycles. The number of nitrogens with zero attached hydrogens (tertiary/aromatic N) is 1. The third-order valence-electron chi connectivity index (χ3n) is 3.50. The molecule has 1 unspecified atom stereocenters. The summed E-state index contributed by atoms with van der Waals surface area (Å²) in [6.45, 7) is 10.1. The third kappa shape index (κ3) is 5.53. The zero-order chi connectivity index (χ0) is 10.9. The fourth-order valence-electron chi connectivity index (χ4n) is 2.24. The van der Waals surface area contributed by atoms with Gasteiger partial charge in [0.2, 0.25) is 0 Å². The second-order valence-corrected chi connectivity index (χ2v) is 4.66. The lowest BCUT2D eigenvalue weighted by Crippen LogP contribution is -2.37. The predicted molar refractivity (Wildman–Crippen MR) is 65.2 cm³/mol. The van der Waals surface area contributed by atoms with Gasteiger partial charge in [0.1, 0.15) is 0 Å². The van der Waals surface area contributed by atoms with Crippen molar-refractivity contribution in [2.45, 2.75) is 46.0 Å². The van der Waals surface area contributed by atoms with Gasteiger partial charge >= 0.3 is 0 Å². The summed E-state index contributed by atoms with van der Waals surface area (Å²) in [5.74, 6) is 0.952. The number of hydrogen-bond acceptors (Lipinski definition) is 2. The Labute approximate surface area is 95.0 Å². The van der Waals surface area contributed by atoms with Crippen molar-refractivity contribution >= 4 is 0 Å². The molecule has 0 spiro atoms. The number of unbranched alkanes of at least 4 members (excludes halogenated alkanes) is 1. The SMILES string of the molecule is CCCCC(CC)CCN1CCOCC1. The standard InChI is InChI=1S/C13H27NO/c1-3-5-6-13(4-2)7-8-14-9-11-15-12-10-14/h13H,3-12H2,1-2H3. The Morgan fingerprint density at radius 2 is 1.87 bits per heavy atom.